The fourth-order valence-electron chi connectivity index (χ4n) is 3.57. The molecule has 1 aromatic carbocycles. The molecule has 0 radical (unpaired) electrons. The van der Waals surface area contributed by atoms with Crippen LogP contribution in [0.2, 0.25) is 0 Å². The van der Waals surface area contributed by atoms with Crippen molar-refractivity contribution < 1.29 is 29.4 Å². The summed E-state index contributed by atoms with van der Waals surface area (Å²) in [6.07, 6.45) is 0.421. The van der Waals surface area contributed by atoms with E-state index < -0.39 is 35.1 Å². The van der Waals surface area contributed by atoms with Crippen LogP contribution in [0.15, 0.2) is 24.3 Å². The Kier molecular flexibility index (Phi) is 5.25. The number of carboxylic acid groups (broad SMARTS) is 2. The Bertz CT molecular complexity index is 673. The fraction of sp³-hybridized carbons (Fsp3) is 0.444. The predicted octanol–water partition coefficient (Wildman–Crippen LogP) is 2.26. The molecule has 0 spiro atoms. The van der Waals surface area contributed by atoms with E-state index in [1.54, 1.807) is 26.0 Å². The number of carbonyl (C=O) groups is 4. The number of carbonyl (C=O) groups excluding carboxylic acids is 2. The van der Waals surface area contributed by atoms with Gasteiger partial charge in [-0.1, -0.05) is 38.8 Å². The van der Waals surface area contributed by atoms with Crippen LogP contribution < -0.4 is 0 Å². The van der Waals surface area contributed by atoms with Crippen molar-refractivity contribution in [3.63, 3.8) is 0 Å². The molecule has 0 bridgehead atoms. The maximum atomic E-state index is 12.4. The van der Waals surface area contributed by atoms with Gasteiger partial charge in [0.2, 0.25) is 0 Å². The summed E-state index contributed by atoms with van der Waals surface area (Å²) in [7, 11) is 0. The van der Waals surface area contributed by atoms with Crippen LogP contribution in [0.1, 0.15) is 53.8 Å². The van der Waals surface area contributed by atoms with Gasteiger partial charge in [-0.3, -0.25) is 24.1 Å². The zero-order valence-corrected chi connectivity index (χ0v) is 14.2. The molecular formula is C18H21NO6. The third kappa shape index (κ3) is 2.90. The normalized spacial score (nSPS) is 14.1. The summed E-state index contributed by atoms with van der Waals surface area (Å²) < 4.78 is 0. The lowest BCUT2D eigenvalue weighted by Gasteiger charge is -2.33. The van der Waals surface area contributed by atoms with E-state index in [9.17, 15) is 29.4 Å². The van der Waals surface area contributed by atoms with Crippen molar-refractivity contribution in [2.45, 2.75) is 33.1 Å². The second-order valence-corrected chi connectivity index (χ2v) is 6.15. The second kappa shape index (κ2) is 7.04. The van der Waals surface area contributed by atoms with Crippen LogP contribution in [0.25, 0.3) is 0 Å². The van der Waals surface area contributed by atoms with Gasteiger partial charge in [-0.05, 0) is 24.5 Å². The molecule has 0 unspecified atom stereocenters. The number of benzene rings is 1. The second-order valence-electron chi connectivity index (χ2n) is 6.15. The van der Waals surface area contributed by atoms with E-state index in [1.807, 2.05) is 0 Å². The zero-order valence-electron chi connectivity index (χ0n) is 14.2. The summed E-state index contributed by atoms with van der Waals surface area (Å²) in [5, 5.41) is 19.3. The lowest BCUT2D eigenvalue weighted by molar-refractivity contribution is -0.170. The molecule has 2 rings (SSSR count). The van der Waals surface area contributed by atoms with E-state index in [1.165, 1.54) is 12.1 Å². The quantitative estimate of drug-likeness (QED) is 0.551. The lowest BCUT2D eigenvalue weighted by atomic mass is 9.70. The van der Waals surface area contributed by atoms with Gasteiger partial charge >= 0.3 is 11.9 Å². The molecule has 7 heteroatoms. The molecule has 7 nitrogen and oxygen atoms in total. The molecule has 1 aliphatic rings. The minimum Gasteiger partial charge on any atom is -0.480 e. The average Bonchev–Trinajstić information content (AvgIpc) is 2.83. The highest BCUT2D eigenvalue weighted by atomic mass is 16.4. The summed E-state index contributed by atoms with van der Waals surface area (Å²) in [5.74, 6) is -4.52. The van der Waals surface area contributed by atoms with Gasteiger partial charge in [-0.2, -0.15) is 0 Å². The van der Waals surface area contributed by atoms with E-state index in [0.717, 1.165) is 4.90 Å². The topological polar surface area (TPSA) is 112 Å². The Hall–Kier alpha value is -2.70. The summed E-state index contributed by atoms with van der Waals surface area (Å²) in [5.41, 5.74) is -1.52. The van der Waals surface area contributed by atoms with Crippen molar-refractivity contribution >= 4 is 23.8 Å². The third-order valence-corrected chi connectivity index (χ3v) is 5.05. The summed E-state index contributed by atoms with van der Waals surface area (Å²) in [6.45, 7) is 3.22. The lowest BCUT2D eigenvalue weighted by Crippen LogP contribution is -2.48. The first-order valence-electron chi connectivity index (χ1n) is 8.23. The molecule has 0 saturated carbocycles. The number of fused-ring (bicyclic) bond motifs is 1. The van der Waals surface area contributed by atoms with Crippen LogP contribution in [-0.2, 0) is 9.59 Å². The Balaban J connectivity index is 2.31. The van der Waals surface area contributed by atoms with Gasteiger partial charge < -0.3 is 10.2 Å². The number of amides is 2. The molecule has 2 N–H and O–H groups in total. The van der Waals surface area contributed by atoms with Crippen molar-refractivity contribution in [2.75, 3.05) is 6.54 Å². The summed E-state index contributed by atoms with van der Waals surface area (Å²) in [4.78, 5) is 49.4. The number of hydrogen-bond donors (Lipinski definition) is 2. The van der Waals surface area contributed by atoms with Crippen molar-refractivity contribution in [1.82, 2.24) is 4.90 Å². The van der Waals surface area contributed by atoms with Gasteiger partial charge in [0.05, 0.1) is 11.1 Å². The molecule has 134 valence electrons. The first-order chi connectivity index (χ1) is 11.8. The molecule has 25 heavy (non-hydrogen) atoms. The molecule has 1 aliphatic heterocycles. The number of aliphatic carboxylic acids is 2. The Labute approximate surface area is 145 Å². The Morgan fingerprint density at radius 3 is 1.80 bits per heavy atom. The van der Waals surface area contributed by atoms with Crippen LogP contribution in [0.4, 0.5) is 0 Å². The molecule has 0 aromatic heterocycles. The van der Waals surface area contributed by atoms with Gasteiger partial charge in [0.25, 0.3) is 11.8 Å². The highest BCUT2D eigenvalue weighted by molar-refractivity contribution is 6.21. The van der Waals surface area contributed by atoms with Crippen molar-refractivity contribution in [3.8, 4) is 0 Å². The maximum Gasteiger partial charge on any atom is 0.321 e. The van der Waals surface area contributed by atoms with Crippen LogP contribution >= 0.6 is 0 Å². The van der Waals surface area contributed by atoms with E-state index in [-0.39, 0.29) is 24.1 Å². The minimum atomic E-state index is -2.03. The van der Waals surface area contributed by atoms with E-state index in [0.29, 0.717) is 12.8 Å². The molecule has 0 saturated heterocycles. The zero-order chi connectivity index (χ0) is 18.8. The Morgan fingerprint density at radius 1 is 1.00 bits per heavy atom. The van der Waals surface area contributed by atoms with Gasteiger partial charge in [0.15, 0.2) is 5.41 Å². The molecule has 1 aromatic rings. The SMILES string of the molecule is CCC(CC)C(CCN1C(=O)c2ccccc2C1=O)(C(=O)O)C(=O)O. The smallest absolute Gasteiger partial charge is 0.321 e. The Morgan fingerprint density at radius 2 is 1.44 bits per heavy atom. The van der Waals surface area contributed by atoms with Crippen LogP contribution in [-0.4, -0.2) is 45.4 Å². The first-order valence-corrected chi connectivity index (χ1v) is 8.23. The average molecular weight is 347 g/mol. The van der Waals surface area contributed by atoms with Gasteiger partial charge in [0.1, 0.15) is 0 Å². The predicted molar refractivity (Wildman–Crippen MR) is 88.2 cm³/mol. The van der Waals surface area contributed by atoms with E-state index in [2.05, 4.69) is 0 Å². The molecule has 0 fully saturated rings. The first kappa shape index (κ1) is 18.6. The number of imide groups is 1. The van der Waals surface area contributed by atoms with Crippen molar-refractivity contribution in [1.29, 1.82) is 0 Å². The van der Waals surface area contributed by atoms with Gasteiger partial charge in [0, 0.05) is 6.54 Å². The standard InChI is InChI=1S/C18H21NO6/c1-3-11(4-2)18(16(22)23,17(24)25)9-10-19-14(20)12-7-5-6-8-13(12)15(19)21/h5-8,11H,3-4,9-10H2,1-2H3,(H,22,23)(H,24,25). The van der Waals surface area contributed by atoms with E-state index in [4.69, 9.17) is 0 Å². The van der Waals surface area contributed by atoms with Crippen LogP contribution in [0.5, 0.6) is 0 Å². The fourth-order valence-corrected chi connectivity index (χ4v) is 3.57. The van der Waals surface area contributed by atoms with Crippen molar-refractivity contribution in [2.24, 2.45) is 11.3 Å². The highest BCUT2D eigenvalue weighted by Crippen LogP contribution is 2.38. The van der Waals surface area contributed by atoms with Crippen LogP contribution in [0, 0.1) is 11.3 Å². The number of nitrogens with zero attached hydrogens (tertiary/aromatic N) is 1. The monoisotopic (exact) mass is 347 g/mol. The molecule has 0 atom stereocenters. The van der Waals surface area contributed by atoms with Crippen molar-refractivity contribution in [3.05, 3.63) is 35.4 Å². The molecular weight excluding hydrogens is 326 g/mol. The molecule has 2 amide bonds. The third-order valence-electron chi connectivity index (χ3n) is 5.05. The van der Waals surface area contributed by atoms with Gasteiger partial charge in [-0.25, -0.2) is 0 Å². The summed E-state index contributed by atoms with van der Waals surface area (Å²) in [6, 6.07) is 6.32. The largest absolute Gasteiger partial charge is 0.480 e. The molecule has 1 heterocycles. The molecule has 0 aliphatic carbocycles. The van der Waals surface area contributed by atoms with Gasteiger partial charge in [-0.15, -0.1) is 0 Å². The number of rotatable bonds is 8. The van der Waals surface area contributed by atoms with Crippen LogP contribution in [0.3, 0.4) is 0 Å². The maximum absolute atomic E-state index is 12.4. The summed E-state index contributed by atoms with van der Waals surface area (Å²) >= 11 is 0. The highest BCUT2D eigenvalue weighted by Gasteiger charge is 2.52. The van der Waals surface area contributed by atoms with E-state index >= 15 is 0 Å². The number of hydrogen-bond acceptors (Lipinski definition) is 4. The minimum absolute atomic E-state index is 0.249. The number of carboxylic acids is 2.